The van der Waals surface area contributed by atoms with Crippen LogP contribution in [0.25, 0.3) is 0 Å². The first kappa shape index (κ1) is 25.7. The van der Waals surface area contributed by atoms with Gasteiger partial charge in [0.15, 0.2) is 0 Å². The Morgan fingerprint density at radius 3 is 2.59 bits per heavy atom. The lowest BCUT2D eigenvalue weighted by Crippen LogP contribution is -2.48. The van der Waals surface area contributed by atoms with E-state index in [9.17, 15) is 9.59 Å². The molecule has 1 atom stereocenters. The van der Waals surface area contributed by atoms with Gasteiger partial charge in [0.2, 0.25) is 0 Å². The summed E-state index contributed by atoms with van der Waals surface area (Å²) in [5.41, 5.74) is 4.98. The normalized spacial score (nSPS) is 15.4. The molecule has 2 aromatic rings. The fourth-order valence-corrected chi connectivity index (χ4v) is 4.11. The number of methoxy groups -OCH3 is 1. The molecule has 1 heterocycles. The first-order valence-electron chi connectivity index (χ1n) is 11.5. The fraction of sp³-hybridized carbons (Fsp3) is 0.423. The number of carbonyl (C=O) groups excluding carboxylic acids is 2. The Balaban J connectivity index is 1.92. The van der Waals surface area contributed by atoms with Gasteiger partial charge >= 0.3 is 6.03 Å². The van der Waals surface area contributed by atoms with E-state index in [1.807, 2.05) is 44.2 Å². The van der Waals surface area contributed by atoms with Gasteiger partial charge in [-0.25, -0.2) is 9.80 Å². The highest BCUT2D eigenvalue weighted by Gasteiger charge is 2.35. The molecule has 182 valence electrons. The Labute approximate surface area is 206 Å². The van der Waals surface area contributed by atoms with Gasteiger partial charge in [0.05, 0.1) is 18.4 Å². The highest BCUT2D eigenvalue weighted by molar-refractivity contribution is 6.31. The molecule has 0 aliphatic carbocycles. The lowest BCUT2D eigenvalue weighted by atomic mass is 9.96. The van der Waals surface area contributed by atoms with E-state index in [1.165, 1.54) is 15.5 Å². The molecule has 0 fully saturated rings. The number of benzene rings is 2. The predicted molar refractivity (Wildman–Crippen MR) is 135 cm³/mol. The van der Waals surface area contributed by atoms with Crippen molar-refractivity contribution >= 4 is 29.3 Å². The number of hydrazone groups is 1. The van der Waals surface area contributed by atoms with Crippen LogP contribution in [0.15, 0.2) is 47.6 Å². The van der Waals surface area contributed by atoms with E-state index < -0.39 is 0 Å². The molecule has 0 saturated heterocycles. The molecule has 0 spiro atoms. The highest BCUT2D eigenvalue weighted by Crippen LogP contribution is 2.36. The summed E-state index contributed by atoms with van der Waals surface area (Å²) in [5, 5.41) is 9.64. The standard InChI is InChI=1S/C26H33ClN4O3/c1-17(2)28-26(33)30(12-13-34-5)16-25(32)31-24(21-8-6-7-9-22(21)27)15-23(29-31)20-11-10-18(3)19(4)14-20/h6-11,14,17,24H,12-13,15-16H2,1-5H3,(H,28,33). The number of ether oxygens (including phenoxy) is 1. The van der Waals surface area contributed by atoms with Gasteiger partial charge in [-0.1, -0.05) is 41.9 Å². The Kier molecular flexibility index (Phi) is 8.69. The number of hydrogen-bond donors (Lipinski definition) is 1. The molecular weight excluding hydrogens is 452 g/mol. The van der Waals surface area contributed by atoms with Gasteiger partial charge in [0, 0.05) is 31.1 Å². The van der Waals surface area contributed by atoms with Crippen LogP contribution in [0.3, 0.4) is 0 Å². The van der Waals surface area contributed by atoms with Crippen molar-refractivity contribution in [3.05, 3.63) is 69.7 Å². The Morgan fingerprint density at radius 2 is 1.94 bits per heavy atom. The van der Waals surface area contributed by atoms with E-state index >= 15 is 0 Å². The van der Waals surface area contributed by atoms with Crippen molar-refractivity contribution in [1.82, 2.24) is 15.2 Å². The van der Waals surface area contributed by atoms with E-state index in [1.54, 1.807) is 7.11 Å². The van der Waals surface area contributed by atoms with Crippen LogP contribution in [0.2, 0.25) is 5.02 Å². The summed E-state index contributed by atoms with van der Waals surface area (Å²) in [4.78, 5) is 27.7. The summed E-state index contributed by atoms with van der Waals surface area (Å²) in [5.74, 6) is -0.279. The summed E-state index contributed by atoms with van der Waals surface area (Å²) in [6, 6.07) is 13.0. The molecule has 1 aliphatic rings. The molecule has 1 unspecified atom stereocenters. The minimum absolute atomic E-state index is 0.0512. The molecule has 2 aromatic carbocycles. The molecular formula is C26H33ClN4O3. The molecule has 0 radical (unpaired) electrons. The van der Waals surface area contributed by atoms with Gasteiger partial charge in [0.25, 0.3) is 5.91 Å². The average molecular weight is 485 g/mol. The van der Waals surface area contributed by atoms with Crippen LogP contribution in [-0.4, -0.2) is 60.4 Å². The average Bonchev–Trinajstić information content (AvgIpc) is 3.23. The maximum atomic E-state index is 13.5. The van der Waals surface area contributed by atoms with Crippen LogP contribution in [0.4, 0.5) is 4.79 Å². The van der Waals surface area contributed by atoms with Crippen molar-refractivity contribution in [2.24, 2.45) is 5.10 Å². The van der Waals surface area contributed by atoms with E-state index in [2.05, 4.69) is 31.3 Å². The zero-order valence-corrected chi connectivity index (χ0v) is 21.2. The van der Waals surface area contributed by atoms with Crippen LogP contribution in [0, 0.1) is 13.8 Å². The number of hydrogen-bond acceptors (Lipinski definition) is 4. The van der Waals surface area contributed by atoms with Gasteiger partial charge in [-0.2, -0.15) is 5.10 Å². The monoisotopic (exact) mass is 484 g/mol. The first-order valence-corrected chi connectivity index (χ1v) is 11.8. The van der Waals surface area contributed by atoms with E-state index in [0.29, 0.717) is 24.6 Å². The molecule has 1 aliphatic heterocycles. The smallest absolute Gasteiger partial charge is 0.318 e. The Bertz CT molecular complexity index is 1070. The maximum absolute atomic E-state index is 13.5. The van der Waals surface area contributed by atoms with Crippen molar-refractivity contribution in [1.29, 1.82) is 0 Å². The second-order valence-corrected chi connectivity index (χ2v) is 9.25. The number of nitrogens with zero attached hydrogens (tertiary/aromatic N) is 3. The molecule has 3 rings (SSSR count). The van der Waals surface area contributed by atoms with Crippen LogP contribution in [0.5, 0.6) is 0 Å². The maximum Gasteiger partial charge on any atom is 0.318 e. The lowest BCUT2D eigenvalue weighted by Gasteiger charge is -2.28. The number of carbonyl (C=O) groups is 2. The fourth-order valence-electron chi connectivity index (χ4n) is 3.85. The number of aryl methyl sites for hydroxylation is 2. The molecule has 1 N–H and O–H groups in total. The topological polar surface area (TPSA) is 74.2 Å². The van der Waals surface area contributed by atoms with Gasteiger partial charge in [0.1, 0.15) is 6.54 Å². The summed E-state index contributed by atoms with van der Waals surface area (Å²) in [7, 11) is 1.56. The van der Waals surface area contributed by atoms with Crippen LogP contribution < -0.4 is 5.32 Å². The van der Waals surface area contributed by atoms with Crippen molar-refractivity contribution in [2.75, 3.05) is 26.8 Å². The molecule has 7 nitrogen and oxygen atoms in total. The lowest BCUT2D eigenvalue weighted by molar-refractivity contribution is -0.133. The second-order valence-electron chi connectivity index (χ2n) is 8.84. The summed E-state index contributed by atoms with van der Waals surface area (Å²) < 4.78 is 5.14. The third-order valence-corrected chi connectivity index (χ3v) is 6.21. The zero-order valence-electron chi connectivity index (χ0n) is 20.5. The zero-order chi connectivity index (χ0) is 24.8. The highest BCUT2D eigenvalue weighted by atomic mass is 35.5. The SMILES string of the molecule is COCCN(CC(=O)N1N=C(c2ccc(C)c(C)c2)CC1c1ccccc1Cl)C(=O)NC(C)C. The van der Waals surface area contributed by atoms with Crippen LogP contribution in [0.1, 0.15) is 48.6 Å². The third kappa shape index (κ3) is 6.15. The number of halogens is 1. The van der Waals surface area contributed by atoms with Gasteiger partial charge < -0.3 is 15.0 Å². The van der Waals surface area contributed by atoms with Crippen molar-refractivity contribution < 1.29 is 14.3 Å². The molecule has 3 amide bonds. The van der Waals surface area contributed by atoms with Crippen molar-refractivity contribution in [3.8, 4) is 0 Å². The van der Waals surface area contributed by atoms with Crippen molar-refractivity contribution in [2.45, 2.75) is 46.2 Å². The Morgan fingerprint density at radius 1 is 1.21 bits per heavy atom. The predicted octanol–water partition coefficient (Wildman–Crippen LogP) is 4.70. The van der Waals surface area contributed by atoms with Crippen molar-refractivity contribution in [3.63, 3.8) is 0 Å². The molecule has 0 saturated carbocycles. The second kappa shape index (κ2) is 11.5. The minimum atomic E-state index is -0.352. The number of nitrogens with one attached hydrogen (secondary N) is 1. The number of urea groups is 1. The van der Waals surface area contributed by atoms with Crippen LogP contribution in [-0.2, 0) is 9.53 Å². The summed E-state index contributed by atoms with van der Waals surface area (Å²) in [6.07, 6.45) is 0.536. The summed E-state index contributed by atoms with van der Waals surface area (Å²) >= 11 is 6.52. The van der Waals surface area contributed by atoms with E-state index in [-0.39, 0.29) is 30.6 Å². The molecule has 8 heteroatoms. The minimum Gasteiger partial charge on any atom is -0.383 e. The van der Waals surface area contributed by atoms with Gasteiger partial charge in [-0.05, 0) is 62.1 Å². The van der Waals surface area contributed by atoms with E-state index in [4.69, 9.17) is 21.4 Å². The van der Waals surface area contributed by atoms with Crippen LogP contribution >= 0.6 is 11.6 Å². The quantitative estimate of drug-likeness (QED) is 0.590. The Hall–Kier alpha value is -2.90. The first-order chi connectivity index (χ1) is 16.2. The number of rotatable bonds is 8. The third-order valence-electron chi connectivity index (χ3n) is 5.86. The number of amides is 3. The molecule has 0 aromatic heterocycles. The molecule has 34 heavy (non-hydrogen) atoms. The van der Waals surface area contributed by atoms with Gasteiger partial charge in [-0.15, -0.1) is 0 Å². The van der Waals surface area contributed by atoms with E-state index in [0.717, 1.165) is 22.4 Å². The molecule has 0 bridgehead atoms. The van der Waals surface area contributed by atoms with Gasteiger partial charge in [-0.3, -0.25) is 4.79 Å². The summed E-state index contributed by atoms with van der Waals surface area (Å²) in [6.45, 7) is 8.37. The largest absolute Gasteiger partial charge is 0.383 e.